The van der Waals surface area contributed by atoms with Gasteiger partial charge in [0, 0.05) is 11.4 Å². The number of nitrogens with zero attached hydrogens (tertiary/aromatic N) is 2. The maximum atomic E-state index is 4.34. The molecule has 0 saturated heterocycles. The van der Waals surface area contributed by atoms with Crippen LogP contribution in [0.15, 0.2) is 12.7 Å². The molecule has 1 aromatic rings. The first-order chi connectivity index (χ1) is 7.15. The van der Waals surface area contributed by atoms with Crippen LogP contribution in [-0.4, -0.2) is 9.97 Å². The Hall–Kier alpha value is -1.18. The summed E-state index contributed by atoms with van der Waals surface area (Å²) in [6, 6.07) is 0. The quantitative estimate of drug-likeness (QED) is 0.707. The lowest BCUT2D eigenvalue weighted by Gasteiger charge is -2.07. The van der Waals surface area contributed by atoms with E-state index < -0.39 is 0 Å². The first-order valence-electron chi connectivity index (χ1n) is 5.56. The number of hydrogen-bond acceptors (Lipinski definition) is 2. The average molecular weight is 206 g/mol. The number of aryl methyl sites for hydroxylation is 3. The number of rotatable bonds is 3. The van der Waals surface area contributed by atoms with E-state index in [2.05, 4.69) is 16.5 Å². The van der Waals surface area contributed by atoms with Crippen LogP contribution in [0.3, 0.4) is 0 Å². The van der Waals surface area contributed by atoms with Gasteiger partial charge < -0.3 is 0 Å². The molecule has 0 radical (unpaired) electrons. The third-order valence-corrected chi connectivity index (χ3v) is 2.13. The first kappa shape index (κ1) is 13.8. The van der Waals surface area contributed by atoms with Crippen molar-refractivity contribution in [3.8, 4) is 0 Å². The van der Waals surface area contributed by atoms with E-state index in [9.17, 15) is 0 Å². The molecule has 0 unspecified atom stereocenters. The Morgan fingerprint density at radius 2 is 1.53 bits per heavy atom. The summed E-state index contributed by atoms with van der Waals surface area (Å²) in [6.45, 7) is 13.7. The second-order valence-corrected chi connectivity index (χ2v) is 3.25. The van der Waals surface area contributed by atoms with Crippen LogP contribution in [0.5, 0.6) is 0 Å². The Morgan fingerprint density at radius 1 is 1.07 bits per heavy atom. The van der Waals surface area contributed by atoms with E-state index >= 15 is 0 Å². The van der Waals surface area contributed by atoms with Gasteiger partial charge in [-0.3, -0.25) is 0 Å². The zero-order valence-electron chi connectivity index (χ0n) is 10.6. The SMILES string of the molecule is C=CCCc1c(C)nc(C)nc1C.CC. The third kappa shape index (κ3) is 4.24. The predicted octanol–water partition coefficient (Wildman–Crippen LogP) is 3.55. The summed E-state index contributed by atoms with van der Waals surface area (Å²) in [6.07, 6.45) is 3.92. The lowest BCUT2D eigenvalue weighted by Crippen LogP contribution is -2.02. The molecule has 0 N–H and O–H groups in total. The molecule has 0 fully saturated rings. The number of hydrogen-bond donors (Lipinski definition) is 0. The highest BCUT2D eigenvalue weighted by atomic mass is 14.9. The fraction of sp³-hybridized carbons (Fsp3) is 0.538. The molecule has 0 aliphatic carbocycles. The van der Waals surface area contributed by atoms with E-state index in [0.717, 1.165) is 30.1 Å². The molecule has 1 rings (SSSR count). The van der Waals surface area contributed by atoms with E-state index in [1.54, 1.807) is 0 Å². The molecule has 84 valence electrons. The first-order valence-corrected chi connectivity index (χ1v) is 5.56. The highest BCUT2D eigenvalue weighted by Crippen LogP contribution is 2.12. The number of aromatic nitrogens is 2. The summed E-state index contributed by atoms with van der Waals surface area (Å²) >= 11 is 0. The standard InChI is InChI=1S/C11H16N2.C2H6/c1-5-6-7-11-8(2)12-10(4)13-9(11)3;1-2/h5H,1,6-7H2,2-4H3;1-2H3. The molecule has 2 nitrogen and oxygen atoms in total. The maximum Gasteiger partial charge on any atom is 0.125 e. The summed E-state index contributed by atoms with van der Waals surface area (Å²) in [7, 11) is 0. The highest BCUT2D eigenvalue weighted by Gasteiger charge is 2.04. The van der Waals surface area contributed by atoms with Crippen molar-refractivity contribution in [2.75, 3.05) is 0 Å². The highest BCUT2D eigenvalue weighted by molar-refractivity contribution is 5.24. The van der Waals surface area contributed by atoms with Crippen LogP contribution < -0.4 is 0 Å². The van der Waals surface area contributed by atoms with Crippen molar-refractivity contribution in [3.05, 3.63) is 35.4 Å². The molecule has 0 amide bonds. The zero-order chi connectivity index (χ0) is 11.8. The Labute approximate surface area is 93.5 Å². The van der Waals surface area contributed by atoms with E-state index in [1.807, 2.05) is 40.7 Å². The van der Waals surface area contributed by atoms with Gasteiger partial charge in [0.25, 0.3) is 0 Å². The Bertz CT molecular complexity index is 293. The van der Waals surface area contributed by atoms with Crippen LogP contribution in [0, 0.1) is 20.8 Å². The molecule has 0 atom stereocenters. The van der Waals surface area contributed by atoms with Crippen LogP contribution in [-0.2, 0) is 6.42 Å². The third-order valence-electron chi connectivity index (χ3n) is 2.13. The van der Waals surface area contributed by atoms with Crippen LogP contribution in [0.2, 0.25) is 0 Å². The molecule has 1 aromatic heterocycles. The summed E-state index contributed by atoms with van der Waals surface area (Å²) in [5, 5.41) is 0. The van der Waals surface area contributed by atoms with E-state index in [1.165, 1.54) is 5.56 Å². The van der Waals surface area contributed by atoms with Crippen molar-refractivity contribution in [3.63, 3.8) is 0 Å². The van der Waals surface area contributed by atoms with Crippen LogP contribution in [0.25, 0.3) is 0 Å². The summed E-state index contributed by atoms with van der Waals surface area (Å²) < 4.78 is 0. The minimum Gasteiger partial charge on any atom is -0.238 e. The van der Waals surface area contributed by atoms with Gasteiger partial charge in [-0.05, 0) is 39.2 Å². The van der Waals surface area contributed by atoms with Crippen molar-refractivity contribution >= 4 is 0 Å². The number of allylic oxidation sites excluding steroid dienone is 1. The molecular weight excluding hydrogens is 184 g/mol. The van der Waals surface area contributed by atoms with Crippen LogP contribution >= 0.6 is 0 Å². The van der Waals surface area contributed by atoms with Gasteiger partial charge in [0.05, 0.1) is 0 Å². The van der Waals surface area contributed by atoms with Gasteiger partial charge in [0.15, 0.2) is 0 Å². The van der Waals surface area contributed by atoms with Gasteiger partial charge in [-0.2, -0.15) is 0 Å². The normalized spacial score (nSPS) is 9.13. The monoisotopic (exact) mass is 206 g/mol. The molecule has 0 aliphatic heterocycles. The molecule has 0 aliphatic rings. The molecular formula is C13H22N2. The van der Waals surface area contributed by atoms with E-state index in [4.69, 9.17) is 0 Å². The molecule has 15 heavy (non-hydrogen) atoms. The van der Waals surface area contributed by atoms with Crippen molar-refractivity contribution in [1.82, 2.24) is 9.97 Å². The Balaban J connectivity index is 0.000000921. The minimum atomic E-state index is 0.859. The largest absolute Gasteiger partial charge is 0.238 e. The van der Waals surface area contributed by atoms with E-state index in [-0.39, 0.29) is 0 Å². The smallest absolute Gasteiger partial charge is 0.125 e. The van der Waals surface area contributed by atoms with Crippen molar-refractivity contribution in [1.29, 1.82) is 0 Å². The van der Waals surface area contributed by atoms with Crippen molar-refractivity contribution < 1.29 is 0 Å². The average Bonchev–Trinajstić information content (AvgIpc) is 2.19. The van der Waals surface area contributed by atoms with Gasteiger partial charge in [0.2, 0.25) is 0 Å². The van der Waals surface area contributed by atoms with Gasteiger partial charge >= 0.3 is 0 Å². The molecule has 0 saturated carbocycles. The fourth-order valence-corrected chi connectivity index (χ4v) is 1.52. The summed E-state index contributed by atoms with van der Waals surface area (Å²) in [5.41, 5.74) is 3.48. The van der Waals surface area contributed by atoms with Crippen molar-refractivity contribution in [2.24, 2.45) is 0 Å². The molecule has 1 heterocycles. The topological polar surface area (TPSA) is 25.8 Å². The van der Waals surface area contributed by atoms with Crippen LogP contribution in [0.4, 0.5) is 0 Å². The zero-order valence-corrected chi connectivity index (χ0v) is 10.6. The van der Waals surface area contributed by atoms with Gasteiger partial charge in [-0.1, -0.05) is 19.9 Å². The van der Waals surface area contributed by atoms with Gasteiger partial charge in [-0.25, -0.2) is 9.97 Å². The lowest BCUT2D eigenvalue weighted by atomic mass is 10.1. The van der Waals surface area contributed by atoms with Crippen molar-refractivity contribution in [2.45, 2.75) is 47.5 Å². The second-order valence-electron chi connectivity index (χ2n) is 3.25. The minimum absolute atomic E-state index is 0.859. The molecule has 0 spiro atoms. The second kappa shape index (κ2) is 7.16. The van der Waals surface area contributed by atoms with Crippen LogP contribution in [0.1, 0.15) is 43.0 Å². The van der Waals surface area contributed by atoms with Gasteiger partial charge in [0.1, 0.15) is 5.82 Å². The Kier molecular flexibility index (Phi) is 6.59. The van der Waals surface area contributed by atoms with Gasteiger partial charge in [-0.15, -0.1) is 6.58 Å². The fourth-order valence-electron chi connectivity index (χ4n) is 1.52. The molecule has 2 heteroatoms. The predicted molar refractivity (Wildman–Crippen MR) is 66.1 cm³/mol. The maximum absolute atomic E-state index is 4.34. The summed E-state index contributed by atoms with van der Waals surface area (Å²) in [5.74, 6) is 0.859. The Morgan fingerprint density at radius 3 is 1.93 bits per heavy atom. The van der Waals surface area contributed by atoms with E-state index in [0.29, 0.717) is 0 Å². The summed E-state index contributed by atoms with van der Waals surface area (Å²) in [4.78, 5) is 8.68. The lowest BCUT2D eigenvalue weighted by molar-refractivity contribution is 0.881. The molecule has 0 aromatic carbocycles. The molecule has 0 bridgehead atoms.